The molecule has 1 unspecified atom stereocenters. The number of rotatable bonds is 4. The molecule has 1 aromatic heterocycles. The maximum absolute atomic E-state index is 4.11. The molecule has 90 valence electrons. The van der Waals surface area contributed by atoms with Crippen LogP contribution in [0.4, 0.5) is 5.95 Å². The fourth-order valence-corrected chi connectivity index (χ4v) is 2.25. The highest BCUT2D eigenvalue weighted by Crippen LogP contribution is 2.17. The summed E-state index contributed by atoms with van der Waals surface area (Å²) in [5, 5.41) is 15.2. The summed E-state index contributed by atoms with van der Waals surface area (Å²) in [6, 6.07) is 0.526. The van der Waals surface area contributed by atoms with Crippen LogP contribution >= 0.6 is 0 Å². The van der Waals surface area contributed by atoms with Gasteiger partial charge in [-0.1, -0.05) is 12.0 Å². The molecule has 0 bridgehead atoms. The lowest BCUT2D eigenvalue weighted by Crippen LogP contribution is -2.47. The zero-order valence-electron chi connectivity index (χ0n) is 10.1. The lowest BCUT2D eigenvalue weighted by Gasteiger charge is -2.34. The maximum Gasteiger partial charge on any atom is 0.245 e. The minimum Gasteiger partial charge on any atom is -0.335 e. The van der Waals surface area contributed by atoms with Crippen LogP contribution in [0.3, 0.4) is 0 Å². The van der Waals surface area contributed by atoms with E-state index in [2.05, 4.69) is 32.7 Å². The first-order valence-electron chi connectivity index (χ1n) is 6.02. The number of hydrogen-bond donors (Lipinski definition) is 1. The molecule has 1 saturated heterocycles. The monoisotopic (exact) mass is 224 g/mol. The maximum atomic E-state index is 4.11. The van der Waals surface area contributed by atoms with E-state index in [1.54, 1.807) is 4.68 Å². The van der Waals surface area contributed by atoms with E-state index in [0.717, 1.165) is 32.0 Å². The van der Waals surface area contributed by atoms with Crippen molar-refractivity contribution in [2.45, 2.75) is 32.2 Å². The first kappa shape index (κ1) is 11.3. The van der Waals surface area contributed by atoms with Crippen LogP contribution < -0.4 is 10.2 Å². The van der Waals surface area contributed by atoms with Crippen molar-refractivity contribution < 1.29 is 0 Å². The second-order valence-corrected chi connectivity index (χ2v) is 4.30. The van der Waals surface area contributed by atoms with E-state index in [1.165, 1.54) is 12.8 Å². The van der Waals surface area contributed by atoms with E-state index in [1.807, 2.05) is 7.05 Å². The first-order valence-corrected chi connectivity index (χ1v) is 6.02. The molecule has 2 rings (SSSR count). The predicted octanol–water partition coefficient (Wildman–Crippen LogP) is 0.178. The van der Waals surface area contributed by atoms with Gasteiger partial charge in [-0.2, -0.15) is 0 Å². The van der Waals surface area contributed by atoms with E-state index in [-0.39, 0.29) is 0 Å². The Morgan fingerprint density at radius 2 is 2.44 bits per heavy atom. The van der Waals surface area contributed by atoms with E-state index in [9.17, 15) is 0 Å². The Labute approximate surface area is 96.0 Å². The van der Waals surface area contributed by atoms with Gasteiger partial charge in [0.1, 0.15) is 0 Å². The SMILES string of the molecule is CCCN(c1nnnn1C)C1CCCNC1. The summed E-state index contributed by atoms with van der Waals surface area (Å²) in [6.45, 7) is 5.37. The lowest BCUT2D eigenvalue weighted by atomic mass is 10.1. The van der Waals surface area contributed by atoms with Crippen molar-refractivity contribution in [2.24, 2.45) is 7.05 Å². The molecule has 2 heterocycles. The standard InChI is InChI=1S/C10H20N6/c1-3-7-16(9-5-4-6-11-8-9)10-12-13-14-15(10)2/h9,11H,3-8H2,1-2H3. The molecule has 0 amide bonds. The van der Waals surface area contributed by atoms with Crippen LogP contribution in [0.25, 0.3) is 0 Å². The summed E-state index contributed by atoms with van der Waals surface area (Å²) in [7, 11) is 1.90. The van der Waals surface area contributed by atoms with Crippen LogP contribution in [-0.2, 0) is 7.05 Å². The van der Waals surface area contributed by atoms with Gasteiger partial charge in [-0.25, -0.2) is 4.68 Å². The molecule has 0 aromatic carbocycles. The van der Waals surface area contributed by atoms with Crippen molar-refractivity contribution in [1.82, 2.24) is 25.5 Å². The lowest BCUT2D eigenvalue weighted by molar-refractivity contribution is 0.423. The van der Waals surface area contributed by atoms with Gasteiger partial charge in [0.15, 0.2) is 0 Å². The number of nitrogens with zero attached hydrogens (tertiary/aromatic N) is 5. The zero-order chi connectivity index (χ0) is 11.4. The average Bonchev–Trinajstić information content (AvgIpc) is 2.73. The van der Waals surface area contributed by atoms with Crippen molar-refractivity contribution in [3.05, 3.63) is 0 Å². The van der Waals surface area contributed by atoms with Crippen LogP contribution in [-0.4, -0.2) is 45.9 Å². The van der Waals surface area contributed by atoms with E-state index in [0.29, 0.717) is 6.04 Å². The van der Waals surface area contributed by atoms with Crippen molar-refractivity contribution >= 4 is 5.95 Å². The van der Waals surface area contributed by atoms with Crippen LogP contribution in [0.5, 0.6) is 0 Å². The molecule has 0 saturated carbocycles. The van der Waals surface area contributed by atoms with Crippen LogP contribution in [0.2, 0.25) is 0 Å². The van der Waals surface area contributed by atoms with Gasteiger partial charge in [-0.05, 0) is 36.2 Å². The number of hydrogen-bond acceptors (Lipinski definition) is 5. The Bertz CT molecular complexity index is 317. The summed E-state index contributed by atoms with van der Waals surface area (Å²) in [6.07, 6.45) is 3.57. The van der Waals surface area contributed by atoms with Gasteiger partial charge in [0.25, 0.3) is 0 Å². The quantitative estimate of drug-likeness (QED) is 0.790. The second-order valence-electron chi connectivity index (χ2n) is 4.30. The largest absolute Gasteiger partial charge is 0.335 e. The average molecular weight is 224 g/mol. The van der Waals surface area contributed by atoms with E-state index >= 15 is 0 Å². The van der Waals surface area contributed by atoms with Gasteiger partial charge in [0.2, 0.25) is 5.95 Å². The Morgan fingerprint density at radius 3 is 3.00 bits per heavy atom. The van der Waals surface area contributed by atoms with E-state index < -0.39 is 0 Å². The smallest absolute Gasteiger partial charge is 0.245 e. The normalized spacial score (nSPS) is 21.0. The number of piperidine rings is 1. The van der Waals surface area contributed by atoms with E-state index in [4.69, 9.17) is 0 Å². The Morgan fingerprint density at radius 1 is 1.56 bits per heavy atom. The molecule has 1 atom stereocenters. The topological polar surface area (TPSA) is 58.9 Å². The predicted molar refractivity (Wildman–Crippen MR) is 62.3 cm³/mol. The van der Waals surface area contributed by atoms with Gasteiger partial charge in [0.05, 0.1) is 0 Å². The zero-order valence-corrected chi connectivity index (χ0v) is 10.1. The summed E-state index contributed by atoms with van der Waals surface area (Å²) < 4.78 is 1.75. The molecular weight excluding hydrogens is 204 g/mol. The van der Waals surface area contributed by atoms with Gasteiger partial charge >= 0.3 is 0 Å². The van der Waals surface area contributed by atoms with Crippen molar-refractivity contribution in [3.63, 3.8) is 0 Å². The van der Waals surface area contributed by atoms with Crippen LogP contribution in [0.1, 0.15) is 26.2 Å². The Hall–Kier alpha value is -1.17. The Balaban J connectivity index is 2.12. The second kappa shape index (κ2) is 5.25. The molecule has 6 nitrogen and oxygen atoms in total. The van der Waals surface area contributed by atoms with Crippen LogP contribution in [0.15, 0.2) is 0 Å². The van der Waals surface area contributed by atoms with Crippen molar-refractivity contribution in [2.75, 3.05) is 24.5 Å². The molecule has 16 heavy (non-hydrogen) atoms. The summed E-state index contributed by atoms with van der Waals surface area (Å²) in [4.78, 5) is 2.33. The highest BCUT2D eigenvalue weighted by Gasteiger charge is 2.23. The first-order chi connectivity index (χ1) is 7.83. The Kier molecular flexibility index (Phi) is 3.71. The van der Waals surface area contributed by atoms with Gasteiger partial charge < -0.3 is 10.2 Å². The number of aryl methyl sites for hydroxylation is 1. The van der Waals surface area contributed by atoms with Crippen molar-refractivity contribution in [3.8, 4) is 0 Å². The third-order valence-corrected chi connectivity index (χ3v) is 3.03. The number of aromatic nitrogens is 4. The minimum absolute atomic E-state index is 0.526. The van der Waals surface area contributed by atoms with Crippen molar-refractivity contribution in [1.29, 1.82) is 0 Å². The molecule has 1 N–H and O–H groups in total. The molecule has 1 aromatic rings. The minimum atomic E-state index is 0.526. The summed E-state index contributed by atoms with van der Waals surface area (Å²) in [5.74, 6) is 0.885. The fourth-order valence-electron chi connectivity index (χ4n) is 2.25. The number of nitrogens with one attached hydrogen (secondary N) is 1. The third kappa shape index (κ3) is 2.32. The highest BCUT2D eigenvalue weighted by atomic mass is 15.6. The molecule has 1 aliphatic rings. The summed E-state index contributed by atoms with van der Waals surface area (Å²) in [5.41, 5.74) is 0. The number of anilines is 1. The molecule has 1 fully saturated rings. The molecule has 1 aliphatic heterocycles. The summed E-state index contributed by atoms with van der Waals surface area (Å²) >= 11 is 0. The van der Waals surface area contributed by atoms with Crippen LogP contribution in [0, 0.1) is 0 Å². The van der Waals surface area contributed by atoms with Gasteiger partial charge in [-0.15, -0.1) is 0 Å². The third-order valence-electron chi connectivity index (χ3n) is 3.03. The highest BCUT2D eigenvalue weighted by molar-refractivity contribution is 5.30. The molecular formula is C10H20N6. The molecule has 0 aliphatic carbocycles. The van der Waals surface area contributed by atoms with Gasteiger partial charge in [-0.3, -0.25) is 0 Å². The molecule has 0 radical (unpaired) electrons. The molecule has 6 heteroatoms. The van der Waals surface area contributed by atoms with Gasteiger partial charge in [0, 0.05) is 26.2 Å². The molecule has 0 spiro atoms. The number of tetrazole rings is 1. The fraction of sp³-hybridized carbons (Fsp3) is 0.900.